The van der Waals surface area contributed by atoms with Crippen LogP contribution in [0.5, 0.6) is 0 Å². The Labute approximate surface area is 150 Å². The molecule has 0 aliphatic carbocycles. The molecular formula is C17H21ClN4O3. The number of furan rings is 1. The number of nitrogens with zero attached hydrogens (tertiary/aromatic N) is 3. The fourth-order valence-electron chi connectivity index (χ4n) is 3.61. The lowest BCUT2D eigenvalue weighted by atomic mass is 10.1. The van der Waals surface area contributed by atoms with Crippen LogP contribution in [0.2, 0.25) is 5.02 Å². The molecule has 1 N–H and O–H groups in total. The van der Waals surface area contributed by atoms with Crippen LogP contribution in [0.3, 0.4) is 0 Å². The van der Waals surface area contributed by atoms with Gasteiger partial charge in [-0.25, -0.2) is 0 Å². The summed E-state index contributed by atoms with van der Waals surface area (Å²) >= 11 is 6.33. The molecule has 2 saturated heterocycles. The number of rotatable bonds is 3. The molecule has 2 atom stereocenters. The highest BCUT2D eigenvalue weighted by Crippen LogP contribution is 2.25. The van der Waals surface area contributed by atoms with Crippen LogP contribution in [0.4, 0.5) is 0 Å². The van der Waals surface area contributed by atoms with Crippen molar-refractivity contribution < 1.29 is 13.9 Å². The molecule has 2 aromatic rings. The molecule has 0 radical (unpaired) electrons. The van der Waals surface area contributed by atoms with Crippen molar-refractivity contribution in [2.24, 2.45) is 5.92 Å². The molecule has 2 fully saturated rings. The van der Waals surface area contributed by atoms with Crippen LogP contribution in [0.1, 0.15) is 21.9 Å². The smallest absolute Gasteiger partial charge is 0.289 e. The molecule has 8 heteroatoms. The van der Waals surface area contributed by atoms with Crippen molar-refractivity contribution in [3.8, 4) is 0 Å². The van der Waals surface area contributed by atoms with Crippen LogP contribution < -0.4 is 0 Å². The predicted octanol–water partition coefficient (Wildman–Crippen LogP) is 1.94. The molecule has 2 aliphatic heterocycles. The van der Waals surface area contributed by atoms with E-state index in [1.165, 1.54) is 6.26 Å². The first-order valence-electron chi connectivity index (χ1n) is 8.45. The molecule has 0 unspecified atom stereocenters. The minimum atomic E-state index is -0.0580. The monoisotopic (exact) mass is 364 g/mol. The molecule has 0 aromatic carbocycles. The number of halogens is 1. The van der Waals surface area contributed by atoms with Gasteiger partial charge in [0.15, 0.2) is 5.76 Å². The average Bonchev–Trinajstić information content (AvgIpc) is 3.12. The summed E-state index contributed by atoms with van der Waals surface area (Å²) in [5, 5.41) is 7.93. The molecule has 1 amide bonds. The number of hydrogen-bond acceptors (Lipinski definition) is 5. The highest BCUT2D eigenvalue weighted by Gasteiger charge is 2.36. The molecule has 2 aromatic heterocycles. The second-order valence-corrected chi connectivity index (χ2v) is 7.16. The minimum Gasteiger partial charge on any atom is -0.459 e. The Morgan fingerprint density at radius 1 is 1.40 bits per heavy atom. The molecule has 0 spiro atoms. The first-order valence-corrected chi connectivity index (χ1v) is 8.83. The molecule has 25 heavy (non-hydrogen) atoms. The zero-order chi connectivity index (χ0) is 17.4. The van der Waals surface area contributed by atoms with Crippen molar-refractivity contribution in [1.29, 1.82) is 0 Å². The summed E-state index contributed by atoms with van der Waals surface area (Å²) in [5.41, 5.74) is 1.72. The number of hydrogen-bond donors (Lipinski definition) is 1. The quantitative estimate of drug-likeness (QED) is 0.900. The fourth-order valence-corrected chi connectivity index (χ4v) is 3.75. The van der Waals surface area contributed by atoms with Gasteiger partial charge < -0.3 is 14.1 Å². The Balaban J connectivity index is 1.54. The number of ether oxygens (including phenoxy) is 1. The summed E-state index contributed by atoms with van der Waals surface area (Å²) < 4.78 is 11.1. The topological polar surface area (TPSA) is 74.6 Å². The lowest BCUT2D eigenvalue weighted by molar-refractivity contribution is 0.0387. The number of nitrogens with one attached hydrogen (secondary N) is 1. The maximum absolute atomic E-state index is 12.7. The summed E-state index contributed by atoms with van der Waals surface area (Å²) in [7, 11) is 0. The summed E-state index contributed by atoms with van der Waals surface area (Å²) in [4.78, 5) is 16.9. The van der Waals surface area contributed by atoms with E-state index in [-0.39, 0.29) is 17.9 Å². The van der Waals surface area contributed by atoms with Gasteiger partial charge >= 0.3 is 0 Å². The van der Waals surface area contributed by atoms with Gasteiger partial charge in [-0.15, -0.1) is 0 Å². The number of H-pyrrole nitrogens is 1. The number of amides is 1. The van der Waals surface area contributed by atoms with Gasteiger partial charge in [0.25, 0.3) is 5.91 Å². The number of aryl methyl sites for hydroxylation is 1. The van der Waals surface area contributed by atoms with Crippen molar-refractivity contribution >= 4 is 17.5 Å². The van der Waals surface area contributed by atoms with Crippen molar-refractivity contribution in [1.82, 2.24) is 20.0 Å². The van der Waals surface area contributed by atoms with E-state index in [4.69, 9.17) is 20.8 Å². The first-order chi connectivity index (χ1) is 12.1. The van der Waals surface area contributed by atoms with Crippen LogP contribution in [0.15, 0.2) is 22.8 Å². The van der Waals surface area contributed by atoms with Crippen molar-refractivity contribution in [3.05, 3.63) is 40.6 Å². The highest BCUT2D eigenvalue weighted by molar-refractivity contribution is 6.31. The number of aromatic nitrogens is 2. The fraction of sp³-hybridized carbons (Fsp3) is 0.529. The van der Waals surface area contributed by atoms with E-state index in [0.29, 0.717) is 43.6 Å². The predicted molar refractivity (Wildman–Crippen MR) is 91.5 cm³/mol. The third-order valence-electron chi connectivity index (χ3n) is 4.90. The summed E-state index contributed by atoms with van der Waals surface area (Å²) in [6.07, 6.45) is 1.53. The van der Waals surface area contributed by atoms with Gasteiger partial charge in [-0.1, -0.05) is 11.6 Å². The second kappa shape index (κ2) is 6.82. The molecule has 4 rings (SSSR count). The molecule has 134 valence electrons. The average molecular weight is 365 g/mol. The van der Waals surface area contributed by atoms with Crippen LogP contribution in [0, 0.1) is 12.8 Å². The lowest BCUT2D eigenvalue weighted by Gasteiger charge is -2.30. The minimum absolute atomic E-state index is 0.0580. The molecule has 0 saturated carbocycles. The summed E-state index contributed by atoms with van der Waals surface area (Å²) in [5.74, 6) is 0.584. The van der Waals surface area contributed by atoms with Crippen LogP contribution in [0.25, 0.3) is 0 Å². The van der Waals surface area contributed by atoms with Gasteiger partial charge in [0, 0.05) is 32.1 Å². The maximum atomic E-state index is 12.7. The van der Waals surface area contributed by atoms with Crippen molar-refractivity contribution in [3.63, 3.8) is 0 Å². The van der Waals surface area contributed by atoms with Crippen molar-refractivity contribution in [2.45, 2.75) is 19.5 Å². The number of carbonyl (C=O) groups excluding carboxylic acids is 1. The zero-order valence-corrected chi connectivity index (χ0v) is 14.8. The Morgan fingerprint density at radius 3 is 3.00 bits per heavy atom. The Morgan fingerprint density at radius 2 is 2.28 bits per heavy atom. The third-order valence-corrected chi connectivity index (χ3v) is 5.40. The molecular weight excluding hydrogens is 344 g/mol. The summed E-state index contributed by atoms with van der Waals surface area (Å²) in [6.45, 7) is 5.94. The largest absolute Gasteiger partial charge is 0.459 e. The van der Waals surface area contributed by atoms with E-state index in [9.17, 15) is 4.79 Å². The van der Waals surface area contributed by atoms with Gasteiger partial charge in [-0.3, -0.25) is 14.8 Å². The normalized spacial score (nSPS) is 24.3. The Hall–Kier alpha value is -1.83. The summed E-state index contributed by atoms with van der Waals surface area (Å²) in [6, 6.07) is 3.56. The highest BCUT2D eigenvalue weighted by atomic mass is 35.5. The number of fused-ring (bicyclic) bond motifs is 3. The Bertz CT molecular complexity index is 745. The van der Waals surface area contributed by atoms with Gasteiger partial charge in [0.1, 0.15) is 0 Å². The van der Waals surface area contributed by atoms with Gasteiger partial charge in [-0.05, 0) is 19.1 Å². The van der Waals surface area contributed by atoms with Crippen molar-refractivity contribution in [2.75, 3.05) is 32.8 Å². The third kappa shape index (κ3) is 3.31. The van der Waals surface area contributed by atoms with E-state index in [1.54, 1.807) is 12.1 Å². The van der Waals surface area contributed by atoms with Crippen LogP contribution >= 0.6 is 11.6 Å². The van der Waals surface area contributed by atoms with Crippen LogP contribution in [-0.2, 0) is 11.3 Å². The van der Waals surface area contributed by atoms with Gasteiger partial charge in [0.2, 0.25) is 0 Å². The zero-order valence-electron chi connectivity index (χ0n) is 14.1. The SMILES string of the molecule is Cc1[nH]nc(CN2C[C@H]3COC[C@@H]2CN(C(=O)c2ccco2)C3)c1Cl. The standard InChI is InChI=1S/C17H21ClN4O3/c1-11-16(18)14(20-19-11)8-21-5-12-6-22(7-13(21)10-24-9-12)17(23)15-3-2-4-25-15/h2-4,12-13H,5-10H2,1H3,(H,19,20)/t12-,13+/m1/s1. The van der Waals surface area contributed by atoms with Gasteiger partial charge in [-0.2, -0.15) is 5.10 Å². The first kappa shape index (κ1) is 16.6. The molecule has 2 aliphatic rings. The van der Waals surface area contributed by atoms with E-state index in [0.717, 1.165) is 17.9 Å². The van der Waals surface area contributed by atoms with Gasteiger partial charge in [0.05, 0.1) is 41.9 Å². The van der Waals surface area contributed by atoms with Crippen LogP contribution in [-0.4, -0.2) is 64.8 Å². The molecule has 7 nitrogen and oxygen atoms in total. The van der Waals surface area contributed by atoms with E-state index < -0.39 is 0 Å². The van der Waals surface area contributed by atoms with E-state index in [1.807, 2.05) is 11.8 Å². The lowest BCUT2D eigenvalue weighted by Crippen LogP contribution is -2.45. The maximum Gasteiger partial charge on any atom is 0.289 e. The van der Waals surface area contributed by atoms with E-state index >= 15 is 0 Å². The number of carbonyl (C=O) groups is 1. The Kier molecular flexibility index (Phi) is 4.54. The molecule has 4 heterocycles. The second-order valence-electron chi connectivity index (χ2n) is 6.78. The number of aromatic amines is 1. The molecule has 2 bridgehead atoms. The van der Waals surface area contributed by atoms with E-state index in [2.05, 4.69) is 15.1 Å².